The van der Waals surface area contributed by atoms with Gasteiger partial charge in [0, 0.05) is 43.4 Å². The monoisotopic (exact) mass is 618 g/mol. The number of hydrogen-bond donors (Lipinski definition) is 2. The minimum Gasteiger partial charge on any atom is -0.445 e. The van der Waals surface area contributed by atoms with Crippen molar-refractivity contribution in [1.29, 1.82) is 0 Å². The van der Waals surface area contributed by atoms with Gasteiger partial charge in [0.25, 0.3) is 0 Å². The van der Waals surface area contributed by atoms with Crippen molar-refractivity contribution in [3.05, 3.63) is 87.9 Å². The van der Waals surface area contributed by atoms with Crippen molar-refractivity contribution >= 4 is 35.3 Å². The molecular formula is C33H36Cl2N6O2. The Morgan fingerprint density at radius 3 is 2.51 bits per heavy atom. The van der Waals surface area contributed by atoms with Crippen molar-refractivity contribution in [2.24, 2.45) is 10.9 Å². The SMILES string of the molecule is O=C(OCc1ccccc1)N1CCC(c2nc(-c3ccc(Cl)c(Cl)c3)c(C3C=CNC(NC4CC4)=N3)n2CC2CC2)CC1. The molecule has 3 heterocycles. The molecule has 8 nitrogen and oxygen atoms in total. The van der Waals surface area contributed by atoms with Crippen LogP contribution in [0.15, 0.2) is 65.8 Å². The number of aromatic nitrogens is 2. The van der Waals surface area contributed by atoms with E-state index in [-0.39, 0.29) is 24.7 Å². The molecule has 1 atom stereocenters. The van der Waals surface area contributed by atoms with Gasteiger partial charge in [-0.25, -0.2) is 14.8 Å². The first kappa shape index (κ1) is 28.3. The maximum atomic E-state index is 12.9. The summed E-state index contributed by atoms with van der Waals surface area (Å²) in [5.41, 5.74) is 3.89. The van der Waals surface area contributed by atoms with Crippen molar-refractivity contribution in [3.63, 3.8) is 0 Å². The first-order valence-electron chi connectivity index (χ1n) is 15.3. The molecule has 10 heteroatoms. The summed E-state index contributed by atoms with van der Waals surface area (Å²) in [5.74, 6) is 2.73. The van der Waals surface area contributed by atoms with Crippen LogP contribution in [0.3, 0.4) is 0 Å². The molecule has 1 amide bonds. The molecule has 3 aromatic rings. The molecule has 4 aliphatic rings. The van der Waals surface area contributed by atoms with Crippen LogP contribution in [0.2, 0.25) is 10.0 Å². The zero-order chi connectivity index (χ0) is 29.3. The van der Waals surface area contributed by atoms with Crippen molar-refractivity contribution < 1.29 is 9.53 Å². The lowest BCUT2D eigenvalue weighted by atomic mass is 9.96. The maximum Gasteiger partial charge on any atom is 0.410 e. The summed E-state index contributed by atoms with van der Waals surface area (Å²) in [5, 5.41) is 7.83. The second-order valence-corrected chi connectivity index (χ2v) is 12.8. The number of nitrogens with zero attached hydrogens (tertiary/aromatic N) is 4. The maximum absolute atomic E-state index is 12.9. The molecule has 0 bridgehead atoms. The van der Waals surface area contributed by atoms with Gasteiger partial charge < -0.3 is 24.8 Å². The van der Waals surface area contributed by atoms with E-state index in [2.05, 4.69) is 21.3 Å². The summed E-state index contributed by atoms with van der Waals surface area (Å²) in [6, 6.07) is 15.8. The zero-order valence-corrected chi connectivity index (χ0v) is 25.5. The molecule has 7 rings (SSSR count). The minimum absolute atomic E-state index is 0.194. The van der Waals surface area contributed by atoms with Gasteiger partial charge in [-0.1, -0.05) is 59.6 Å². The third kappa shape index (κ3) is 6.55. The lowest BCUT2D eigenvalue weighted by Gasteiger charge is -2.31. The Bertz CT molecular complexity index is 1540. The minimum atomic E-state index is -0.259. The Balaban J connectivity index is 1.18. The molecule has 0 spiro atoms. The van der Waals surface area contributed by atoms with Gasteiger partial charge in [-0.05, 0) is 68.2 Å². The molecule has 2 N–H and O–H groups in total. The van der Waals surface area contributed by atoms with Crippen LogP contribution < -0.4 is 10.6 Å². The number of benzene rings is 2. The number of carbonyl (C=O) groups excluding carboxylic acids is 1. The first-order valence-corrected chi connectivity index (χ1v) is 16.1. The van der Waals surface area contributed by atoms with E-state index in [0.717, 1.165) is 53.7 Å². The van der Waals surface area contributed by atoms with Gasteiger partial charge in [0.15, 0.2) is 5.96 Å². The molecule has 2 aromatic carbocycles. The standard InChI is InChI=1S/C33H36Cl2N6O2/c34-26-11-8-24(18-27(26)35)29-30(28-12-15-36-32(38-28)37-25-9-10-25)41(19-21-6-7-21)31(39-29)23-13-16-40(17-14-23)33(42)43-20-22-4-2-1-3-5-22/h1-5,8,11-12,15,18,21,23,25,28H,6-7,9-10,13-14,16-17,19-20H2,(H2,36,37,38). The smallest absolute Gasteiger partial charge is 0.410 e. The highest BCUT2D eigenvalue weighted by atomic mass is 35.5. The fraction of sp³-hybridized carbons (Fsp3) is 0.424. The lowest BCUT2D eigenvalue weighted by molar-refractivity contribution is 0.0864. The van der Waals surface area contributed by atoms with Crippen molar-refractivity contribution in [3.8, 4) is 11.3 Å². The Morgan fingerprint density at radius 2 is 1.79 bits per heavy atom. The average Bonchev–Trinajstić information content (AvgIpc) is 3.97. The molecule has 2 aliphatic heterocycles. The topological polar surface area (TPSA) is 83.8 Å². The van der Waals surface area contributed by atoms with E-state index in [1.807, 2.05) is 59.6 Å². The third-order valence-electron chi connectivity index (χ3n) is 8.66. The van der Waals surface area contributed by atoms with Gasteiger partial charge in [-0.15, -0.1) is 0 Å². The quantitative estimate of drug-likeness (QED) is 0.283. The fourth-order valence-electron chi connectivity index (χ4n) is 5.92. The highest BCUT2D eigenvalue weighted by Crippen LogP contribution is 2.41. The number of imidazole rings is 1. The second kappa shape index (κ2) is 12.2. The molecular weight excluding hydrogens is 583 g/mol. The number of aliphatic imine (C=N–C) groups is 1. The number of rotatable bonds is 8. The van der Waals surface area contributed by atoms with Gasteiger partial charge in [0.05, 0.1) is 21.4 Å². The van der Waals surface area contributed by atoms with Crippen molar-refractivity contribution in [2.75, 3.05) is 13.1 Å². The third-order valence-corrected chi connectivity index (χ3v) is 9.39. The number of carbonyl (C=O) groups is 1. The van der Waals surface area contributed by atoms with Crippen LogP contribution in [0.25, 0.3) is 11.3 Å². The molecule has 1 saturated heterocycles. The molecule has 2 saturated carbocycles. The highest BCUT2D eigenvalue weighted by molar-refractivity contribution is 6.42. The molecule has 3 fully saturated rings. The van der Waals surface area contributed by atoms with E-state index in [9.17, 15) is 4.79 Å². The van der Waals surface area contributed by atoms with Gasteiger partial charge in [0.1, 0.15) is 18.5 Å². The van der Waals surface area contributed by atoms with Crippen LogP contribution in [0, 0.1) is 5.92 Å². The molecule has 1 unspecified atom stereocenters. The molecule has 224 valence electrons. The number of likely N-dealkylation sites (tertiary alicyclic amines) is 1. The summed E-state index contributed by atoms with van der Waals surface area (Å²) >= 11 is 12.8. The number of halogens is 2. The zero-order valence-electron chi connectivity index (χ0n) is 24.0. The normalized spacial score (nSPS) is 20.5. The Labute approximate surface area is 262 Å². The summed E-state index contributed by atoms with van der Waals surface area (Å²) < 4.78 is 8.06. The van der Waals surface area contributed by atoms with E-state index in [4.69, 9.17) is 37.9 Å². The summed E-state index contributed by atoms with van der Waals surface area (Å²) in [4.78, 5) is 25.2. The Kier molecular flexibility index (Phi) is 8.06. The average molecular weight is 620 g/mol. The van der Waals surface area contributed by atoms with Crippen LogP contribution in [0.5, 0.6) is 0 Å². The van der Waals surface area contributed by atoms with E-state index in [1.54, 1.807) is 0 Å². The summed E-state index contributed by atoms with van der Waals surface area (Å²) in [6.07, 6.45) is 10.3. The number of ether oxygens (including phenoxy) is 1. The van der Waals surface area contributed by atoms with Gasteiger partial charge in [-0.3, -0.25) is 0 Å². The van der Waals surface area contributed by atoms with E-state index in [0.29, 0.717) is 35.1 Å². The van der Waals surface area contributed by atoms with Crippen molar-refractivity contribution in [1.82, 2.24) is 25.1 Å². The molecule has 1 aromatic heterocycles. The summed E-state index contributed by atoms with van der Waals surface area (Å²) in [7, 11) is 0. The predicted molar refractivity (Wildman–Crippen MR) is 169 cm³/mol. The second-order valence-electron chi connectivity index (χ2n) is 12.0. The largest absolute Gasteiger partial charge is 0.445 e. The van der Waals surface area contributed by atoms with Crippen LogP contribution in [-0.2, 0) is 17.9 Å². The van der Waals surface area contributed by atoms with Crippen LogP contribution in [0.4, 0.5) is 4.79 Å². The predicted octanol–water partition coefficient (Wildman–Crippen LogP) is 7.05. The van der Waals surface area contributed by atoms with Crippen LogP contribution in [-0.4, -0.2) is 45.6 Å². The molecule has 43 heavy (non-hydrogen) atoms. The lowest BCUT2D eigenvalue weighted by Crippen LogP contribution is -2.39. The van der Waals surface area contributed by atoms with Crippen LogP contribution >= 0.6 is 23.2 Å². The number of piperidine rings is 1. The van der Waals surface area contributed by atoms with Crippen molar-refractivity contribution in [2.45, 2.75) is 69.7 Å². The number of guanidine groups is 1. The van der Waals surface area contributed by atoms with Gasteiger partial charge in [-0.2, -0.15) is 0 Å². The highest BCUT2D eigenvalue weighted by Gasteiger charge is 2.35. The number of amides is 1. The molecule has 2 aliphatic carbocycles. The van der Waals surface area contributed by atoms with E-state index >= 15 is 0 Å². The number of hydrogen-bond acceptors (Lipinski definition) is 6. The first-order chi connectivity index (χ1) is 21.0. The Morgan fingerprint density at radius 1 is 1.00 bits per heavy atom. The van der Waals surface area contributed by atoms with Gasteiger partial charge >= 0.3 is 6.09 Å². The number of nitrogens with one attached hydrogen (secondary N) is 2. The van der Waals surface area contributed by atoms with E-state index in [1.165, 1.54) is 25.7 Å². The fourth-order valence-corrected chi connectivity index (χ4v) is 6.22. The van der Waals surface area contributed by atoms with Gasteiger partial charge in [0.2, 0.25) is 0 Å². The van der Waals surface area contributed by atoms with E-state index < -0.39 is 0 Å². The Hall–Kier alpha value is -3.49. The van der Waals surface area contributed by atoms with Crippen LogP contribution in [0.1, 0.15) is 67.6 Å². The summed E-state index contributed by atoms with van der Waals surface area (Å²) in [6.45, 7) is 2.46. The molecule has 0 radical (unpaired) electrons.